The lowest BCUT2D eigenvalue weighted by Gasteiger charge is -2.19. The maximum absolute atomic E-state index is 9.31. The van der Waals surface area contributed by atoms with Crippen LogP contribution in [-0.2, 0) is 14.2 Å². The van der Waals surface area contributed by atoms with Crippen LogP contribution in [0.15, 0.2) is 0 Å². The summed E-state index contributed by atoms with van der Waals surface area (Å²) in [5, 5.41) is 9.31. The van der Waals surface area contributed by atoms with Gasteiger partial charge < -0.3 is 19.3 Å². The molecule has 1 aliphatic rings. The molecule has 0 aromatic heterocycles. The van der Waals surface area contributed by atoms with Gasteiger partial charge >= 0.3 is 0 Å². The number of aliphatic hydroxyl groups is 1. The van der Waals surface area contributed by atoms with E-state index in [9.17, 15) is 5.11 Å². The van der Waals surface area contributed by atoms with Crippen LogP contribution >= 0.6 is 0 Å². The molecular weight excluding hydrogens is 160 g/mol. The minimum atomic E-state index is -0.518. The summed E-state index contributed by atoms with van der Waals surface area (Å²) in [4.78, 5) is 0. The van der Waals surface area contributed by atoms with Crippen LogP contribution in [0.2, 0.25) is 0 Å². The summed E-state index contributed by atoms with van der Waals surface area (Å²) in [7, 11) is 3.20. The van der Waals surface area contributed by atoms with E-state index in [1.807, 2.05) is 0 Å². The Morgan fingerprint density at radius 1 is 1.42 bits per heavy atom. The Hall–Kier alpha value is -0.160. The minimum Gasteiger partial charge on any atom is -0.391 e. The van der Waals surface area contributed by atoms with Crippen LogP contribution in [0.3, 0.4) is 0 Å². The fraction of sp³-hybridized carbons (Fsp3) is 1.00. The first-order valence-electron chi connectivity index (χ1n) is 4.08. The molecule has 4 atom stereocenters. The Balaban J connectivity index is 2.50. The molecule has 0 aromatic carbocycles. The van der Waals surface area contributed by atoms with Gasteiger partial charge in [-0.3, -0.25) is 0 Å². The molecule has 0 aromatic rings. The summed E-state index contributed by atoms with van der Waals surface area (Å²) in [5.74, 6) is 0. The first-order chi connectivity index (χ1) is 5.69. The van der Waals surface area contributed by atoms with Gasteiger partial charge in [-0.05, 0) is 6.92 Å². The van der Waals surface area contributed by atoms with E-state index in [0.717, 1.165) is 0 Å². The molecule has 1 saturated heterocycles. The van der Waals surface area contributed by atoms with Crippen LogP contribution in [0.5, 0.6) is 0 Å². The zero-order valence-corrected chi connectivity index (χ0v) is 7.69. The molecular formula is C8H16O4. The Morgan fingerprint density at radius 3 is 2.42 bits per heavy atom. The van der Waals surface area contributed by atoms with Gasteiger partial charge in [-0.15, -0.1) is 0 Å². The second-order valence-electron chi connectivity index (χ2n) is 3.02. The minimum absolute atomic E-state index is 0.0602. The molecule has 4 nitrogen and oxygen atoms in total. The number of hydrogen-bond donors (Lipinski definition) is 1. The van der Waals surface area contributed by atoms with Gasteiger partial charge in [-0.2, -0.15) is 0 Å². The van der Waals surface area contributed by atoms with E-state index in [4.69, 9.17) is 14.2 Å². The van der Waals surface area contributed by atoms with Gasteiger partial charge in [-0.25, -0.2) is 0 Å². The van der Waals surface area contributed by atoms with E-state index in [1.54, 1.807) is 21.1 Å². The van der Waals surface area contributed by atoms with Crippen LogP contribution < -0.4 is 0 Å². The Labute approximate surface area is 72.4 Å². The highest BCUT2D eigenvalue weighted by Crippen LogP contribution is 2.25. The molecule has 0 amide bonds. The Morgan fingerprint density at radius 2 is 2.08 bits per heavy atom. The highest BCUT2D eigenvalue weighted by molar-refractivity contribution is 4.82. The number of rotatable bonds is 3. The summed E-state index contributed by atoms with van der Waals surface area (Å²) in [5.41, 5.74) is 0. The van der Waals surface area contributed by atoms with Crippen LogP contribution in [0, 0.1) is 0 Å². The van der Waals surface area contributed by atoms with Gasteiger partial charge in [0.15, 0.2) is 6.29 Å². The monoisotopic (exact) mass is 176 g/mol. The highest BCUT2D eigenvalue weighted by Gasteiger charge is 2.38. The molecule has 1 rings (SSSR count). The quantitative estimate of drug-likeness (QED) is 0.664. The maximum Gasteiger partial charge on any atom is 0.160 e. The van der Waals surface area contributed by atoms with Crippen LogP contribution in [-0.4, -0.2) is 43.9 Å². The fourth-order valence-corrected chi connectivity index (χ4v) is 1.45. The van der Waals surface area contributed by atoms with Crippen molar-refractivity contribution in [2.24, 2.45) is 0 Å². The molecule has 12 heavy (non-hydrogen) atoms. The molecule has 0 saturated carbocycles. The van der Waals surface area contributed by atoms with E-state index in [0.29, 0.717) is 6.42 Å². The second-order valence-corrected chi connectivity index (χ2v) is 3.02. The van der Waals surface area contributed by atoms with Crippen molar-refractivity contribution in [3.8, 4) is 0 Å². The third-order valence-electron chi connectivity index (χ3n) is 2.14. The van der Waals surface area contributed by atoms with Gasteiger partial charge in [0, 0.05) is 20.6 Å². The Bertz CT molecular complexity index is 137. The predicted molar refractivity (Wildman–Crippen MR) is 42.8 cm³/mol. The van der Waals surface area contributed by atoms with E-state index in [1.165, 1.54) is 0 Å². The summed E-state index contributed by atoms with van der Waals surface area (Å²) in [6, 6.07) is 0. The van der Waals surface area contributed by atoms with E-state index >= 15 is 0 Å². The van der Waals surface area contributed by atoms with Crippen molar-refractivity contribution in [3.05, 3.63) is 0 Å². The van der Waals surface area contributed by atoms with Crippen LogP contribution in [0.1, 0.15) is 13.3 Å². The van der Waals surface area contributed by atoms with Crippen molar-refractivity contribution < 1.29 is 19.3 Å². The molecule has 72 valence electrons. The molecule has 0 bridgehead atoms. The SMILES string of the molecule is COC1C[C@H](OC)[C@@H]([C@@H](C)O)O1. The second kappa shape index (κ2) is 4.18. The Kier molecular flexibility index (Phi) is 3.46. The molecule has 1 heterocycles. The number of methoxy groups -OCH3 is 2. The zero-order valence-electron chi connectivity index (χ0n) is 7.69. The first-order valence-corrected chi connectivity index (χ1v) is 4.08. The molecule has 0 aliphatic carbocycles. The smallest absolute Gasteiger partial charge is 0.160 e. The van der Waals surface area contributed by atoms with Crippen molar-refractivity contribution in [3.63, 3.8) is 0 Å². The fourth-order valence-electron chi connectivity index (χ4n) is 1.45. The lowest BCUT2D eigenvalue weighted by atomic mass is 10.1. The van der Waals surface area contributed by atoms with Crippen molar-refractivity contribution in [2.75, 3.05) is 14.2 Å². The molecule has 1 unspecified atom stereocenters. The highest BCUT2D eigenvalue weighted by atomic mass is 16.7. The van der Waals surface area contributed by atoms with Crippen LogP contribution in [0.4, 0.5) is 0 Å². The molecule has 0 spiro atoms. The topological polar surface area (TPSA) is 47.9 Å². The van der Waals surface area contributed by atoms with Gasteiger partial charge in [-0.1, -0.05) is 0 Å². The van der Waals surface area contributed by atoms with Gasteiger partial charge in [0.25, 0.3) is 0 Å². The van der Waals surface area contributed by atoms with Crippen molar-refractivity contribution in [1.29, 1.82) is 0 Å². The van der Waals surface area contributed by atoms with Gasteiger partial charge in [0.2, 0.25) is 0 Å². The van der Waals surface area contributed by atoms with Gasteiger partial charge in [0.05, 0.1) is 12.2 Å². The summed E-state index contributed by atoms with van der Waals surface area (Å²) in [6.07, 6.45) is -0.401. The number of aliphatic hydroxyl groups excluding tert-OH is 1. The maximum atomic E-state index is 9.31. The standard InChI is InChI=1S/C8H16O4/c1-5(9)8-6(10-2)4-7(11-3)12-8/h5-9H,4H2,1-3H3/t5-,6+,7?,8-/m1/s1. The molecule has 1 fully saturated rings. The predicted octanol–water partition coefficient (Wildman–Crippen LogP) is 0.144. The summed E-state index contributed by atoms with van der Waals surface area (Å²) in [6.45, 7) is 1.69. The largest absolute Gasteiger partial charge is 0.391 e. The average molecular weight is 176 g/mol. The summed E-state index contributed by atoms with van der Waals surface area (Å²) < 4.78 is 15.5. The first kappa shape index (κ1) is 9.92. The third-order valence-corrected chi connectivity index (χ3v) is 2.14. The lowest BCUT2D eigenvalue weighted by Crippen LogP contribution is -2.33. The van der Waals surface area contributed by atoms with E-state index < -0.39 is 6.10 Å². The molecule has 1 aliphatic heterocycles. The van der Waals surface area contributed by atoms with Crippen molar-refractivity contribution in [2.45, 2.75) is 37.9 Å². The number of hydrogen-bond acceptors (Lipinski definition) is 4. The number of ether oxygens (including phenoxy) is 3. The van der Waals surface area contributed by atoms with Crippen molar-refractivity contribution >= 4 is 0 Å². The summed E-state index contributed by atoms with van der Waals surface area (Å²) >= 11 is 0. The average Bonchev–Trinajstić information content (AvgIpc) is 2.47. The van der Waals surface area contributed by atoms with Crippen LogP contribution in [0.25, 0.3) is 0 Å². The van der Waals surface area contributed by atoms with E-state index in [-0.39, 0.29) is 18.5 Å². The molecule has 4 heteroatoms. The molecule has 1 N–H and O–H groups in total. The zero-order chi connectivity index (χ0) is 9.14. The third kappa shape index (κ3) is 1.95. The normalized spacial score (nSPS) is 38.5. The van der Waals surface area contributed by atoms with E-state index in [2.05, 4.69) is 0 Å². The van der Waals surface area contributed by atoms with Crippen molar-refractivity contribution in [1.82, 2.24) is 0 Å². The lowest BCUT2D eigenvalue weighted by molar-refractivity contribution is -0.143. The molecule has 0 radical (unpaired) electrons. The van der Waals surface area contributed by atoms with Gasteiger partial charge in [0.1, 0.15) is 6.10 Å².